The average Bonchev–Trinajstić information content (AvgIpc) is 3.28. The number of halogens is 1. The van der Waals surface area contributed by atoms with Crippen molar-refractivity contribution >= 4 is 22.6 Å². The van der Waals surface area contributed by atoms with E-state index in [4.69, 9.17) is 9.47 Å². The zero-order chi connectivity index (χ0) is 20.1. The molecule has 1 aromatic heterocycles. The maximum atomic E-state index is 6.39. The highest BCUT2D eigenvalue weighted by Crippen LogP contribution is 2.40. The van der Waals surface area contributed by atoms with Gasteiger partial charge in [0.2, 0.25) is 0 Å². The lowest BCUT2D eigenvalue weighted by atomic mass is 9.86. The molecule has 0 amide bonds. The lowest BCUT2D eigenvalue weighted by Gasteiger charge is -2.23. The zero-order valence-electron chi connectivity index (χ0n) is 16.7. The third kappa shape index (κ3) is 4.92. The van der Waals surface area contributed by atoms with Gasteiger partial charge in [-0.05, 0) is 95.7 Å². The molecule has 1 fully saturated rings. The van der Waals surface area contributed by atoms with Crippen molar-refractivity contribution in [3.05, 3.63) is 87.3 Å². The topological polar surface area (TPSA) is 31.4 Å². The molecule has 0 bridgehead atoms. The number of methoxy groups -OCH3 is 1. The van der Waals surface area contributed by atoms with Crippen molar-refractivity contribution in [1.82, 2.24) is 4.98 Å². The van der Waals surface area contributed by atoms with Crippen LogP contribution in [-0.2, 0) is 6.42 Å². The molecule has 1 aliphatic carbocycles. The van der Waals surface area contributed by atoms with Crippen molar-refractivity contribution in [2.24, 2.45) is 0 Å². The molecule has 1 atom stereocenters. The highest BCUT2D eigenvalue weighted by atomic mass is 127. The van der Waals surface area contributed by atoms with E-state index < -0.39 is 0 Å². The van der Waals surface area contributed by atoms with Crippen LogP contribution in [-0.4, -0.2) is 18.2 Å². The second-order valence-electron chi connectivity index (χ2n) is 7.57. The van der Waals surface area contributed by atoms with E-state index in [-0.39, 0.29) is 5.92 Å². The van der Waals surface area contributed by atoms with Crippen LogP contribution < -0.4 is 9.47 Å². The summed E-state index contributed by atoms with van der Waals surface area (Å²) in [5.74, 6) is 1.92. The van der Waals surface area contributed by atoms with Crippen molar-refractivity contribution in [1.29, 1.82) is 0 Å². The number of benzene rings is 2. The Labute approximate surface area is 186 Å². The maximum absolute atomic E-state index is 6.39. The first kappa shape index (κ1) is 20.2. The average molecular weight is 499 g/mol. The number of ether oxygens (including phenoxy) is 2. The van der Waals surface area contributed by atoms with Gasteiger partial charge in [0.15, 0.2) is 11.5 Å². The summed E-state index contributed by atoms with van der Waals surface area (Å²) < 4.78 is 13.2. The molecule has 1 saturated carbocycles. The summed E-state index contributed by atoms with van der Waals surface area (Å²) in [4.78, 5) is 4.17. The Morgan fingerprint density at radius 3 is 2.41 bits per heavy atom. The van der Waals surface area contributed by atoms with Crippen LogP contribution in [0.5, 0.6) is 11.5 Å². The summed E-state index contributed by atoms with van der Waals surface area (Å²) in [6.45, 7) is 0. The predicted molar refractivity (Wildman–Crippen MR) is 125 cm³/mol. The molecule has 3 nitrogen and oxygen atoms in total. The highest BCUT2D eigenvalue weighted by molar-refractivity contribution is 14.1. The van der Waals surface area contributed by atoms with Crippen LogP contribution in [0.15, 0.2) is 67.0 Å². The fraction of sp³-hybridized carbons (Fsp3) is 0.320. The third-order valence-corrected chi connectivity index (χ3v) is 6.58. The second-order valence-corrected chi connectivity index (χ2v) is 8.73. The second kappa shape index (κ2) is 9.61. The quantitative estimate of drug-likeness (QED) is 0.353. The molecule has 1 heterocycles. The number of pyridine rings is 1. The largest absolute Gasteiger partial charge is 0.493 e. The Kier molecular flexibility index (Phi) is 6.70. The molecule has 4 heteroatoms. The molecule has 3 aromatic rings. The molecule has 29 heavy (non-hydrogen) atoms. The Balaban J connectivity index is 1.74. The molecule has 1 aliphatic rings. The standard InChI is InChI=1S/C25H26INO2/c1-28-24-17-23(26)22(16-25(24)29-20-9-5-6-10-20)21(19-7-3-2-4-8-19)15-18-11-13-27-14-12-18/h2-4,7-8,11-14,16-17,20-21H,5-6,9-10,15H2,1H3. The molecule has 150 valence electrons. The summed E-state index contributed by atoms with van der Waals surface area (Å²) in [6.07, 6.45) is 9.70. The van der Waals surface area contributed by atoms with Crippen LogP contribution in [0.25, 0.3) is 0 Å². The Morgan fingerprint density at radius 2 is 1.72 bits per heavy atom. The Bertz CT molecular complexity index is 924. The van der Waals surface area contributed by atoms with Gasteiger partial charge < -0.3 is 9.47 Å². The summed E-state index contributed by atoms with van der Waals surface area (Å²) in [6, 6.07) is 19.2. The van der Waals surface area contributed by atoms with Crippen molar-refractivity contribution in [3.63, 3.8) is 0 Å². The van der Waals surface area contributed by atoms with Crippen molar-refractivity contribution < 1.29 is 9.47 Å². The van der Waals surface area contributed by atoms with Gasteiger partial charge in [0, 0.05) is 21.9 Å². The van der Waals surface area contributed by atoms with Gasteiger partial charge >= 0.3 is 0 Å². The number of hydrogen-bond acceptors (Lipinski definition) is 3. The minimum Gasteiger partial charge on any atom is -0.493 e. The first-order chi connectivity index (χ1) is 14.2. The normalized spacial score (nSPS) is 15.2. The minimum absolute atomic E-state index is 0.238. The van der Waals surface area contributed by atoms with Crippen LogP contribution in [0.3, 0.4) is 0 Å². The highest BCUT2D eigenvalue weighted by Gasteiger charge is 2.23. The van der Waals surface area contributed by atoms with E-state index in [2.05, 4.69) is 82.2 Å². The van der Waals surface area contributed by atoms with Gasteiger partial charge in [-0.2, -0.15) is 0 Å². The summed E-state index contributed by atoms with van der Waals surface area (Å²) >= 11 is 2.43. The lowest BCUT2D eigenvalue weighted by molar-refractivity contribution is 0.200. The monoisotopic (exact) mass is 499 g/mol. The number of hydrogen-bond donors (Lipinski definition) is 0. The fourth-order valence-corrected chi connectivity index (χ4v) is 4.92. The predicted octanol–water partition coefficient (Wildman–Crippen LogP) is 6.39. The molecule has 1 unspecified atom stereocenters. The smallest absolute Gasteiger partial charge is 0.161 e. The molecule has 4 rings (SSSR count). The van der Waals surface area contributed by atoms with E-state index in [1.54, 1.807) is 7.11 Å². The van der Waals surface area contributed by atoms with Gasteiger partial charge in [-0.15, -0.1) is 0 Å². The van der Waals surface area contributed by atoms with E-state index in [9.17, 15) is 0 Å². The molecule has 2 aromatic carbocycles. The Morgan fingerprint density at radius 1 is 1.00 bits per heavy atom. The van der Waals surface area contributed by atoms with E-state index >= 15 is 0 Å². The van der Waals surface area contributed by atoms with Crippen LogP contribution in [0.4, 0.5) is 0 Å². The first-order valence-corrected chi connectivity index (χ1v) is 11.3. The van der Waals surface area contributed by atoms with Crippen LogP contribution in [0.1, 0.15) is 48.3 Å². The number of rotatable bonds is 7. The lowest BCUT2D eigenvalue weighted by Crippen LogP contribution is -2.13. The van der Waals surface area contributed by atoms with E-state index in [0.29, 0.717) is 6.10 Å². The molecule has 0 aliphatic heterocycles. The molecular formula is C25H26INO2. The molecule has 0 spiro atoms. The molecule has 0 saturated heterocycles. The molecule has 0 N–H and O–H groups in total. The fourth-order valence-electron chi connectivity index (χ4n) is 4.10. The van der Waals surface area contributed by atoms with Gasteiger partial charge in [-0.3, -0.25) is 4.98 Å². The zero-order valence-corrected chi connectivity index (χ0v) is 18.8. The minimum atomic E-state index is 0.238. The van der Waals surface area contributed by atoms with Crippen LogP contribution in [0.2, 0.25) is 0 Å². The van der Waals surface area contributed by atoms with Gasteiger partial charge in [0.25, 0.3) is 0 Å². The van der Waals surface area contributed by atoms with Crippen LogP contribution in [0, 0.1) is 3.57 Å². The third-order valence-electron chi connectivity index (χ3n) is 5.65. The summed E-state index contributed by atoms with van der Waals surface area (Å²) in [7, 11) is 1.72. The van der Waals surface area contributed by atoms with Crippen molar-refractivity contribution in [2.45, 2.75) is 44.1 Å². The van der Waals surface area contributed by atoms with Gasteiger partial charge in [-0.25, -0.2) is 0 Å². The van der Waals surface area contributed by atoms with Gasteiger partial charge in [0.05, 0.1) is 13.2 Å². The van der Waals surface area contributed by atoms with Crippen molar-refractivity contribution in [2.75, 3.05) is 7.11 Å². The van der Waals surface area contributed by atoms with E-state index in [1.807, 2.05) is 12.4 Å². The maximum Gasteiger partial charge on any atom is 0.161 e. The first-order valence-electron chi connectivity index (χ1n) is 10.2. The van der Waals surface area contributed by atoms with E-state index in [1.165, 1.54) is 33.1 Å². The molecule has 0 radical (unpaired) electrons. The molecular weight excluding hydrogens is 473 g/mol. The Hall–Kier alpha value is -2.08. The summed E-state index contributed by atoms with van der Waals surface area (Å²) in [5, 5.41) is 0. The number of nitrogens with zero attached hydrogens (tertiary/aromatic N) is 1. The van der Waals surface area contributed by atoms with Crippen LogP contribution >= 0.6 is 22.6 Å². The number of aromatic nitrogens is 1. The SMILES string of the molecule is COc1cc(I)c(C(Cc2ccncc2)c2ccccc2)cc1OC1CCCC1. The van der Waals surface area contributed by atoms with Crippen molar-refractivity contribution in [3.8, 4) is 11.5 Å². The van der Waals surface area contributed by atoms with Gasteiger partial charge in [-0.1, -0.05) is 30.3 Å². The van der Waals surface area contributed by atoms with E-state index in [0.717, 1.165) is 30.8 Å². The van der Waals surface area contributed by atoms with Gasteiger partial charge in [0.1, 0.15) is 0 Å². The summed E-state index contributed by atoms with van der Waals surface area (Å²) in [5.41, 5.74) is 3.86.